The fraction of sp³-hybridized carbons (Fsp3) is 0.400. The zero-order valence-corrected chi connectivity index (χ0v) is 11.5. The van der Waals surface area contributed by atoms with E-state index in [1.54, 1.807) is 0 Å². The second-order valence-electron chi connectivity index (χ2n) is 4.96. The second kappa shape index (κ2) is 5.66. The van der Waals surface area contributed by atoms with E-state index in [4.69, 9.17) is 0 Å². The molecular formula is C15H18N4. The van der Waals surface area contributed by atoms with Gasteiger partial charge in [-0.3, -0.25) is 0 Å². The molecule has 0 fully saturated rings. The topological polar surface area (TPSA) is 61.6 Å². The van der Waals surface area contributed by atoms with Crippen LogP contribution < -0.4 is 5.32 Å². The van der Waals surface area contributed by atoms with Crippen molar-refractivity contribution in [3.63, 3.8) is 0 Å². The summed E-state index contributed by atoms with van der Waals surface area (Å²) in [6.45, 7) is 6.48. The maximum absolute atomic E-state index is 9.21. The van der Waals surface area contributed by atoms with Gasteiger partial charge in [0.2, 0.25) is 0 Å². The summed E-state index contributed by atoms with van der Waals surface area (Å²) in [5, 5.41) is 21.7. The lowest BCUT2D eigenvalue weighted by atomic mass is 10.0. The highest BCUT2D eigenvalue weighted by Gasteiger charge is 2.16. The molecule has 4 nitrogen and oxygen atoms in total. The smallest absolute Gasteiger partial charge is 0.186 e. The monoisotopic (exact) mass is 254 g/mol. The van der Waals surface area contributed by atoms with E-state index >= 15 is 0 Å². The van der Waals surface area contributed by atoms with Gasteiger partial charge in [-0.2, -0.15) is 5.26 Å². The summed E-state index contributed by atoms with van der Waals surface area (Å²) in [6, 6.07) is 10.2. The molecule has 1 heterocycles. The molecule has 98 valence electrons. The number of rotatable bonds is 4. The Morgan fingerprint density at radius 1 is 1.26 bits per heavy atom. The molecule has 2 rings (SSSR count). The van der Waals surface area contributed by atoms with Gasteiger partial charge in [0.05, 0.1) is 11.2 Å². The molecule has 4 heteroatoms. The van der Waals surface area contributed by atoms with Crippen LogP contribution in [0.1, 0.15) is 32.9 Å². The van der Waals surface area contributed by atoms with Crippen LogP contribution in [0.4, 0.5) is 5.69 Å². The van der Waals surface area contributed by atoms with Crippen molar-refractivity contribution < 1.29 is 0 Å². The maximum atomic E-state index is 9.21. The zero-order chi connectivity index (χ0) is 13.8. The van der Waals surface area contributed by atoms with Crippen LogP contribution in [0.5, 0.6) is 0 Å². The van der Waals surface area contributed by atoms with E-state index in [0.29, 0.717) is 17.7 Å². The van der Waals surface area contributed by atoms with E-state index in [2.05, 4.69) is 42.4 Å². The van der Waals surface area contributed by atoms with E-state index in [9.17, 15) is 5.26 Å². The normalized spacial score (nSPS) is 12.4. The van der Waals surface area contributed by atoms with Crippen molar-refractivity contribution in [3.8, 4) is 6.07 Å². The van der Waals surface area contributed by atoms with Crippen LogP contribution in [0.25, 0.3) is 10.9 Å². The summed E-state index contributed by atoms with van der Waals surface area (Å²) in [6.07, 6.45) is 0.999. The first-order valence-electron chi connectivity index (χ1n) is 6.59. The number of nitriles is 1. The number of anilines is 1. The molecule has 19 heavy (non-hydrogen) atoms. The van der Waals surface area contributed by atoms with Crippen LogP contribution >= 0.6 is 0 Å². The molecule has 1 atom stereocenters. The number of benzene rings is 1. The van der Waals surface area contributed by atoms with Crippen LogP contribution in [-0.2, 0) is 0 Å². The van der Waals surface area contributed by atoms with Gasteiger partial charge in [-0.1, -0.05) is 39.0 Å². The third-order valence-corrected chi connectivity index (χ3v) is 3.35. The first-order chi connectivity index (χ1) is 9.17. The molecule has 1 N–H and O–H groups in total. The summed E-state index contributed by atoms with van der Waals surface area (Å²) in [7, 11) is 0. The minimum atomic E-state index is 0.319. The van der Waals surface area contributed by atoms with Gasteiger partial charge >= 0.3 is 0 Å². The third kappa shape index (κ3) is 2.65. The number of hydrogen-bond acceptors (Lipinski definition) is 4. The largest absolute Gasteiger partial charge is 0.379 e. The molecule has 1 unspecified atom stereocenters. The minimum Gasteiger partial charge on any atom is -0.379 e. The molecule has 0 saturated heterocycles. The SMILES string of the molecule is CCC(Nc1c(C#N)nnc2ccccc12)C(C)C. The summed E-state index contributed by atoms with van der Waals surface area (Å²) < 4.78 is 0. The molecule has 0 saturated carbocycles. The third-order valence-electron chi connectivity index (χ3n) is 3.35. The standard InChI is InChI=1S/C15H18N4/c1-4-12(10(2)3)17-15-11-7-5-6-8-13(11)18-19-14(15)9-16/h5-8,10,12H,4H2,1-3H3,(H,17,18). The molecule has 1 aromatic heterocycles. The molecule has 0 aliphatic heterocycles. The number of nitrogens with zero attached hydrogens (tertiary/aromatic N) is 3. The number of aromatic nitrogens is 2. The van der Waals surface area contributed by atoms with Gasteiger partial charge in [-0.05, 0) is 18.4 Å². The first-order valence-corrected chi connectivity index (χ1v) is 6.59. The zero-order valence-electron chi connectivity index (χ0n) is 11.5. The average Bonchev–Trinajstić information content (AvgIpc) is 2.44. The highest BCUT2D eigenvalue weighted by molar-refractivity contribution is 5.92. The average molecular weight is 254 g/mol. The van der Waals surface area contributed by atoms with Crippen LogP contribution in [0.2, 0.25) is 0 Å². The van der Waals surface area contributed by atoms with Gasteiger partial charge in [0.15, 0.2) is 5.69 Å². The maximum Gasteiger partial charge on any atom is 0.186 e. The van der Waals surface area contributed by atoms with Gasteiger partial charge in [-0.25, -0.2) is 0 Å². The van der Waals surface area contributed by atoms with Crippen molar-refractivity contribution in [1.29, 1.82) is 5.26 Å². The van der Waals surface area contributed by atoms with Crippen LogP contribution in [-0.4, -0.2) is 16.2 Å². The molecule has 2 aromatic rings. The number of hydrogen-bond donors (Lipinski definition) is 1. The Bertz CT molecular complexity index is 613. The van der Waals surface area contributed by atoms with E-state index in [1.165, 1.54) is 0 Å². The Morgan fingerprint density at radius 2 is 2.00 bits per heavy atom. The van der Waals surface area contributed by atoms with Gasteiger partial charge in [-0.15, -0.1) is 10.2 Å². The van der Waals surface area contributed by atoms with E-state index in [0.717, 1.165) is 23.0 Å². The van der Waals surface area contributed by atoms with Gasteiger partial charge < -0.3 is 5.32 Å². The lowest BCUT2D eigenvalue weighted by Gasteiger charge is -2.23. The second-order valence-corrected chi connectivity index (χ2v) is 4.96. The van der Waals surface area contributed by atoms with Crippen LogP contribution in [0.15, 0.2) is 24.3 Å². The fourth-order valence-corrected chi connectivity index (χ4v) is 2.20. The molecule has 0 bridgehead atoms. The summed E-state index contributed by atoms with van der Waals surface area (Å²) in [5.74, 6) is 0.489. The van der Waals surface area contributed by atoms with Crippen molar-refractivity contribution in [3.05, 3.63) is 30.0 Å². The van der Waals surface area contributed by atoms with Gasteiger partial charge in [0.25, 0.3) is 0 Å². The molecule has 0 spiro atoms. The van der Waals surface area contributed by atoms with Crippen LogP contribution in [0, 0.1) is 17.2 Å². The van der Waals surface area contributed by atoms with Gasteiger partial charge in [0, 0.05) is 11.4 Å². The molecule has 0 aliphatic rings. The molecule has 0 radical (unpaired) electrons. The minimum absolute atomic E-state index is 0.319. The Morgan fingerprint density at radius 3 is 2.63 bits per heavy atom. The Balaban J connectivity index is 2.53. The Labute approximate surface area is 113 Å². The van der Waals surface area contributed by atoms with E-state index < -0.39 is 0 Å². The lowest BCUT2D eigenvalue weighted by Crippen LogP contribution is -2.25. The number of fused-ring (bicyclic) bond motifs is 1. The van der Waals surface area contributed by atoms with Crippen molar-refractivity contribution in [2.75, 3.05) is 5.32 Å². The predicted molar refractivity (Wildman–Crippen MR) is 76.8 cm³/mol. The fourth-order valence-electron chi connectivity index (χ4n) is 2.20. The van der Waals surface area contributed by atoms with Crippen molar-refractivity contribution in [2.24, 2.45) is 5.92 Å². The van der Waals surface area contributed by atoms with Crippen molar-refractivity contribution in [2.45, 2.75) is 33.2 Å². The molecular weight excluding hydrogens is 236 g/mol. The van der Waals surface area contributed by atoms with E-state index in [1.807, 2.05) is 24.3 Å². The number of nitrogens with one attached hydrogen (secondary N) is 1. The molecule has 0 aliphatic carbocycles. The summed E-state index contributed by atoms with van der Waals surface area (Å²) >= 11 is 0. The van der Waals surface area contributed by atoms with Crippen LogP contribution in [0.3, 0.4) is 0 Å². The highest BCUT2D eigenvalue weighted by Crippen LogP contribution is 2.26. The quantitative estimate of drug-likeness (QED) is 0.908. The Kier molecular flexibility index (Phi) is 3.96. The molecule has 1 aromatic carbocycles. The highest BCUT2D eigenvalue weighted by atomic mass is 15.1. The van der Waals surface area contributed by atoms with E-state index in [-0.39, 0.29) is 0 Å². The summed E-state index contributed by atoms with van der Waals surface area (Å²) in [5.41, 5.74) is 1.97. The Hall–Kier alpha value is -2.15. The molecule has 0 amide bonds. The van der Waals surface area contributed by atoms with Gasteiger partial charge in [0.1, 0.15) is 6.07 Å². The van der Waals surface area contributed by atoms with Crippen molar-refractivity contribution in [1.82, 2.24) is 10.2 Å². The first kappa shape index (κ1) is 13.3. The predicted octanol–water partition coefficient (Wildman–Crippen LogP) is 3.35. The summed E-state index contributed by atoms with van der Waals surface area (Å²) in [4.78, 5) is 0. The van der Waals surface area contributed by atoms with Crippen molar-refractivity contribution >= 4 is 16.6 Å². The lowest BCUT2D eigenvalue weighted by molar-refractivity contribution is 0.511.